The van der Waals surface area contributed by atoms with Crippen LogP contribution in [-0.2, 0) is 0 Å². The Labute approximate surface area is 94.7 Å². The molecular weight excluding hydrogens is 204 g/mol. The van der Waals surface area contributed by atoms with E-state index in [-0.39, 0.29) is 6.04 Å². The average molecular weight is 220 g/mol. The summed E-state index contributed by atoms with van der Waals surface area (Å²) in [6, 6.07) is 6.91. The van der Waals surface area contributed by atoms with Crippen molar-refractivity contribution in [1.82, 2.24) is 5.12 Å². The molecule has 0 aliphatic rings. The number of hydrazine groups is 1. The Bertz CT molecular complexity index is 383. The minimum Gasteiger partial charge on any atom is -0.382 e. The molecule has 5 nitrogen and oxygen atoms in total. The highest BCUT2D eigenvalue weighted by Crippen LogP contribution is 2.03. The molecule has 86 valence electrons. The average Bonchev–Trinajstić information content (AvgIpc) is 2.28. The van der Waals surface area contributed by atoms with Crippen molar-refractivity contribution in [3.8, 4) is 0 Å². The van der Waals surface area contributed by atoms with E-state index in [0.29, 0.717) is 11.4 Å². The van der Waals surface area contributed by atoms with Crippen LogP contribution in [0.3, 0.4) is 0 Å². The number of nitrogens with zero attached hydrogens (tertiary/aromatic N) is 2. The summed E-state index contributed by atoms with van der Waals surface area (Å²) in [5.74, 6) is 5.95. The minimum atomic E-state index is 0.0767. The first kappa shape index (κ1) is 12.2. The summed E-state index contributed by atoms with van der Waals surface area (Å²) in [5.41, 5.74) is 7.10. The third kappa shape index (κ3) is 3.06. The summed E-state index contributed by atoms with van der Waals surface area (Å²) < 4.78 is 0. The van der Waals surface area contributed by atoms with Gasteiger partial charge in [-0.25, -0.2) is 11.0 Å². The van der Waals surface area contributed by atoms with E-state index in [1.165, 1.54) is 5.12 Å². The quantitative estimate of drug-likeness (QED) is 0.257. The molecule has 1 aromatic rings. The van der Waals surface area contributed by atoms with Crippen molar-refractivity contribution in [3.05, 3.63) is 35.4 Å². The molecule has 1 aromatic carbocycles. The molecule has 0 saturated heterocycles. The van der Waals surface area contributed by atoms with Crippen molar-refractivity contribution >= 4 is 12.1 Å². The molecule has 0 amide bonds. The Balaban J connectivity index is 2.87. The number of benzene rings is 1. The minimum absolute atomic E-state index is 0.0767. The van der Waals surface area contributed by atoms with E-state index < -0.39 is 0 Å². The Kier molecular flexibility index (Phi) is 4.02. The summed E-state index contributed by atoms with van der Waals surface area (Å²) in [7, 11) is 0. The summed E-state index contributed by atoms with van der Waals surface area (Å²) in [5, 5.41) is 5.31. The highest BCUT2D eigenvalue weighted by molar-refractivity contribution is 5.97. The van der Waals surface area contributed by atoms with Crippen LogP contribution < -0.4 is 11.6 Å². The van der Waals surface area contributed by atoms with Crippen molar-refractivity contribution in [2.45, 2.75) is 19.9 Å². The van der Waals surface area contributed by atoms with Crippen molar-refractivity contribution in [3.63, 3.8) is 0 Å². The molecule has 0 heterocycles. The topological polar surface area (TPSA) is 84.7 Å². The fraction of sp³-hybridized carbons (Fsp3) is 0.273. The Hall–Kier alpha value is -1.88. The first-order chi connectivity index (χ1) is 7.54. The number of hydrazone groups is 1. The number of carbonyl (C=O) groups excluding carboxylic acids is 1. The lowest BCUT2D eigenvalue weighted by Crippen LogP contribution is -2.35. The number of rotatable bonds is 4. The first-order valence-electron chi connectivity index (χ1n) is 4.98. The van der Waals surface area contributed by atoms with Gasteiger partial charge in [0.2, 0.25) is 0 Å². The summed E-state index contributed by atoms with van der Waals surface area (Å²) in [4.78, 5) is 10.5. The van der Waals surface area contributed by atoms with Gasteiger partial charge in [0.25, 0.3) is 0 Å². The Morgan fingerprint density at radius 2 is 1.94 bits per heavy atom. The molecule has 0 radical (unpaired) electrons. The summed E-state index contributed by atoms with van der Waals surface area (Å²) >= 11 is 0. The number of carbonyl (C=O) groups is 1. The van der Waals surface area contributed by atoms with Crippen LogP contribution in [0.5, 0.6) is 0 Å². The van der Waals surface area contributed by atoms with Gasteiger partial charge < -0.3 is 5.73 Å². The van der Waals surface area contributed by atoms with E-state index in [9.17, 15) is 4.79 Å². The maximum atomic E-state index is 10.5. The molecule has 4 N–H and O–H groups in total. The van der Waals surface area contributed by atoms with E-state index in [1.54, 1.807) is 24.3 Å². The third-order valence-electron chi connectivity index (χ3n) is 2.09. The maximum Gasteiger partial charge on any atom is 0.152 e. The van der Waals surface area contributed by atoms with Crippen LogP contribution in [0.2, 0.25) is 0 Å². The molecule has 1 rings (SSSR count). The molecule has 0 atom stereocenters. The van der Waals surface area contributed by atoms with Crippen LogP contribution in [0.1, 0.15) is 29.8 Å². The predicted molar refractivity (Wildman–Crippen MR) is 63.7 cm³/mol. The monoisotopic (exact) mass is 220 g/mol. The lowest BCUT2D eigenvalue weighted by atomic mass is 10.1. The molecule has 0 aliphatic carbocycles. The van der Waals surface area contributed by atoms with Gasteiger partial charge in [-0.05, 0) is 13.8 Å². The maximum absolute atomic E-state index is 10.5. The molecule has 0 bridgehead atoms. The molecule has 0 saturated carbocycles. The summed E-state index contributed by atoms with van der Waals surface area (Å²) in [6.45, 7) is 3.82. The number of nitrogens with two attached hydrogens (primary N) is 2. The second-order valence-electron chi connectivity index (χ2n) is 3.70. The molecule has 0 aromatic heterocycles. The Morgan fingerprint density at radius 3 is 2.38 bits per heavy atom. The van der Waals surface area contributed by atoms with Crippen LogP contribution in [0.25, 0.3) is 0 Å². The van der Waals surface area contributed by atoms with Gasteiger partial charge in [0.05, 0.1) is 6.04 Å². The largest absolute Gasteiger partial charge is 0.382 e. The van der Waals surface area contributed by atoms with Crippen molar-refractivity contribution in [2.75, 3.05) is 0 Å². The van der Waals surface area contributed by atoms with Gasteiger partial charge in [-0.15, -0.1) is 5.10 Å². The van der Waals surface area contributed by atoms with Gasteiger partial charge in [0, 0.05) is 11.1 Å². The third-order valence-corrected chi connectivity index (χ3v) is 2.09. The zero-order valence-corrected chi connectivity index (χ0v) is 9.42. The van der Waals surface area contributed by atoms with Gasteiger partial charge >= 0.3 is 0 Å². The fourth-order valence-corrected chi connectivity index (χ4v) is 1.03. The van der Waals surface area contributed by atoms with E-state index in [0.717, 1.165) is 11.8 Å². The van der Waals surface area contributed by atoms with Crippen LogP contribution in [0.15, 0.2) is 29.4 Å². The van der Waals surface area contributed by atoms with Gasteiger partial charge in [-0.2, -0.15) is 0 Å². The SMILES string of the molecule is CC(C)N(N)/N=C(\N)c1ccc(C=O)cc1. The van der Waals surface area contributed by atoms with Crippen LogP contribution in [0.4, 0.5) is 0 Å². The van der Waals surface area contributed by atoms with Gasteiger partial charge in [-0.1, -0.05) is 24.3 Å². The number of amidine groups is 1. The highest BCUT2D eigenvalue weighted by atomic mass is 16.1. The van der Waals surface area contributed by atoms with Crippen molar-refractivity contribution in [1.29, 1.82) is 0 Å². The lowest BCUT2D eigenvalue weighted by Gasteiger charge is -2.17. The zero-order valence-electron chi connectivity index (χ0n) is 9.42. The highest BCUT2D eigenvalue weighted by Gasteiger charge is 2.03. The van der Waals surface area contributed by atoms with Crippen molar-refractivity contribution in [2.24, 2.45) is 16.7 Å². The van der Waals surface area contributed by atoms with Crippen LogP contribution in [-0.4, -0.2) is 23.3 Å². The predicted octanol–water partition coefficient (Wildman–Crippen LogP) is 0.704. The second kappa shape index (κ2) is 5.27. The molecule has 0 spiro atoms. The van der Waals surface area contributed by atoms with Gasteiger partial charge in [0.1, 0.15) is 6.29 Å². The fourth-order valence-electron chi connectivity index (χ4n) is 1.03. The standard InChI is InChI=1S/C11H16N4O/c1-8(2)15(13)14-11(12)10-5-3-9(7-16)4-6-10/h3-8H,13H2,1-2H3,(H2,12,14). The zero-order chi connectivity index (χ0) is 12.1. The summed E-state index contributed by atoms with van der Waals surface area (Å²) in [6.07, 6.45) is 0.778. The molecule has 0 unspecified atom stereocenters. The van der Waals surface area contributed by atoms with E-state index in [4.69, 9.17) is 11.6 Å². The van der Waals surface area contributed by atoms with Gasteiger partial charge in [0.15, 0.2) is 5.84 Å². The molecule has 5 heteroatoms. The van der Waals surface area contributed by atoms with Gasteiger partial charge in [-0.3, -0.25) is 4.79 Å². The normalized spacial score (nSPS) is 11.6. The van der Waals surface area contributed by atoms with Crippen LogP contribution >= 0.6 is 0 Å². The molecule has 0 aliphatic heterocycles. The number of hydrogen-bond acceptors (Lipinski definition) is 4. The smallest absolute Gasteiger partial charge is 0.152 e. The van der Waals surface area contributed by atoms with Crippen LogP contribution in [0, 0.1) is 0 Å². The molecular formula is C11H16N4O. The van der Waals surface area contributed by atoms with E-state index >= 15 is 0 Å². The first-order valence-corrected chi connectivity index (χ1v) is 4.98. The lowest BCUT2D eigenvalue weighted by molar-refractivity contribution is 0.112. The number of aldehydes is 1. The second-order valence-corrected chi connectivity index (χ2v) is 3.70. The molecule has 0 fully saturated rings. The van der Waals surface area contributed by atoms with E-state index in [2.05, 4.69) is 5.10 Å². The number of hydrogen-bond donors (Lipinski definition) is 2. The van der Waals surface area contributed by atoms with Crippen molar-refractivity contribution < 1.29 is 4.79 Å². The Morgan fingerprint density at radius 1 is 1.38 bits per heavy atom. The molecule has 16 heavy (non-hydrogen) atoms. The van der Waals surface area contributed by atoms with E-state index in [1.807, 2.05) is 13.8 Å².